The number of carbonyl (C=O) groups excluding carboxylic acids is 1. The molecule has 0 bridgehead atoms. The molecule has 0 saturated heterocycles. The van der Waals surface area contributed by atoms with E-state index >= 15 is 0 Å². The van der Waals surface area contributed by atoms with Crippen molar-refractivity contribution < 1.29 is 22.7 Å². The van der Waals surface area contributed by atoms with E-state index in [-0.39, 0.29) is 0 Å². The molecule has 110 valence electrons. The highest BCUT2D eigenvalue weighted by atomic mass is 19.4. The van der Waals surface area contributed by atoms with Crippen LogP contribution in [0.2, 0.25) is 0 Å². The van der Waals surface area contributed by atoms with Crippen molar-refractivity contribution in [2.75, 3.05) is 0 Å². The summed E-state index contributed by atoms with van der Waals surface area (Å²) in [5.74, 6) is -0.969. The molecule has 4 nitrogen and oxygen atoms in total. The zero-order valence-corrected chi connectivity index (χ0v) is 11.0. The van der Waals surface area contributed by atoms with E-state index in [0.29, 0.717) is 16.8 Å². The monoisotopic (exact) mass is 296 g/mol. The Labute approximate surface area is 118 Å². The Kier molecular flexibility index (Phi) is 3.00. The van der Waals surface area contributed by atoms with Gasteiger partial charge in [0.15, 0.2) is 0 Å². The maximum absolute atomic E-state index is 13.3. The summed E-state index contributed by atoms with van der Waals surface area (Å²) in [6, 6.07) is 5.58. The molecule has 1 aromatic heterocycles. The van der Waals surface area contributed by atoms with E-state index in [1.807, 2.05) is 0 Å². The Balaban J connectivity index is 2.14. The lowest BCUT2D eigenvalue weighted by Crippen LogP contribution is -2.40. The van der Waals surface area contributed by atoms with Gasteiger partial charge in [0.2, 0.25) is 6.10 Å². The number of halogens is 3. The van der Waals surface area contributed by atoms with Gasteiger partial charge in [0.25, 0.3) is 0 Å². The Hall–Kier alpha value is -2.31. The number of carbonyl (C=O) groups is 1. The van der Waals surface area contributed by atoms with Crippen molar-refractivity contribution in [1.82, 2.24) is 9.55 Å². The largest absolute Gasteiger partial charge is 0.450 e. The first-order valence-corrected chi connectivity index (χ1v) is 6.24. The maximum atomic E-state index is 13.3. The molecule has 0 saturated carbocycles. The van der Waals surface area contributed by atoms with Crippen LogP contribution in [0.4, 0.5) is 13.2 Å². The molecule has 1 aliphatic rings. The second-order valence-corrected chi connectivity index (χ2v) is 4.79. The first kappa shape index (κ1) is 13.7. The highest BCUT2D eigenvalue weighted by molar-refractivity contribution is 5.70. The van der Waals surface area contributed by atoms with Gasteiger partial charge in [0.1, 0.15) is 6.04 Å². The molecule has 2 heterocycles. The van der Waals surface area contributed by atoms with E-state index in [1.54, 1.807) is 24.3 Å². The van der Waals surface area contributed by atoms with Crippen LogP contribution in [0.1, 0.15) is 18.5 Å². The van der Waals surface area contributed by atoms with Crippen molar-refractivity contribution in [2.45, 2.75) is 25.2 Å². The number of hydrogen-bond acceptors (Lipinski definition) is 3. The van der Waals surface area contributed by atoms with E-state index in [2.05, 4.69) is 9.72 Å². The fraction of sp³-hybridized carbons (Fsp3) is 0.286. The summed E-state index contributed by atoms with van der Waals surface area (Å²) in [5.41, 5.74) is 1.72. The van der Waals surface area contributed by atoms with E-state index in [4.69, 9.17) is 0 Å². The molecule has 0 spiro atoms. The number of benzene rings is 1. The lowest BCUT2D eigenvalue weighted by atomic mass is 9.99. The van der Waals surface area contributed by atoms with Crippen LogP contribution in [0.5, 0.6) is 0 Å². The van der Waals surface area contributed by atoms with Gasteiger partial charge in [0, 0.05) is 12.5 Å². The minimum Gasteiger partial charge on any atom is -0.450 e. The van der Waals surface area contributed by atoms with Crippen molar-refractivity contribution in [2.24, 2.45) is 0 Å². The van der Waals surface area contributed by atoms with Gasteiger partial charge >= 0.3 is 12.1 Å². The first-order valence-electron chi connectivity index (χ1n) is 6.24. The summed E-state index contributed by atoms with van der Waals surface area (Å²) in [7, 11) is 0. The van der Waals surface area contributed by atoms with E-state index in [0.717, 1.165) is 6.92 Å². The number of ether oxygens (including phenoxy) is 1. The highest BCUT2D eigenvalue weighted by Gasteiger charge is 2.51. The molecule has 1 aromatic carbocycles. The molecule has 2 unspecified atom stereocenters. The van der Waals surface area contributed by atoms with Gasteiger partial charge in [-0.15, -0.1) is 0 Å². The summed E-state index contributed by atoms with van der Waals surface area (Å²) < 4.78 is 45.9. The lowest BCUT2D eigenvalue weighted by Gasteiger charge is -2.27. The minimum absolute atomic E-state index is 0.471. The van der Waals surface area contributed by atoms with Gasteiger partial charge < -0.3 is 9.30 Å². The number of imidazole rings is 1. The third-order valence-electron chi connectivity index (χ3n) is 3.42. The fourth-order valence-corrected chi connectivity index (χ4v) is 2.67. The average molecular weight is 296 g/mol. The number of nitrogens with zero attached hydrogens (tertiary/aromatic N) is 2. The molecule has 3 rings (SSSR count). The van der Waals surface area contributed by atoms with Crippen molar-refractivity contribution in [3.63, 3.8) is 0 Å². The van der Waals surface area contributed by atoms with Gasteiger partial charge in [-0.1, -0.05) is 24.3 Å². The molecule has 2 atom stereocenters. The third-order valence-corrected chi connectivity index (χ3v) is 3.42. The highest BCUT2D eigenvalue weighted by Crippen LogP contribution is 2.45. The molecule has 1 aliphatic heterocycles. The Bertz CT molecular complexity index is 694. The second-order valence-electron chi connectivity index (χ2n) is 4.79. The molecule has 7 heteroatoms. The quantitative estimate of drug-likeness (QED) is 0.800. The Morgan fingerprint density at radius 2 is 2.10 bits per heavy atom. The van der Waals surface area contributed by atoms with E-state index < -0.39 is 24.3 Å². The molecule has 0 radical (unpaired) electrons. The number of rotatable bonds is 2. The van der Waals surface area contributed by atoms with Gasteiger partial charge in [-0.3, -0.25) is 4.79 Å². The third kappa shape index (κ3) is 2.18. The molecular weight excluding hydrogens is 285 g/mol. The van der Waals surface area contributed by atoms with Crippen LogP contribution in [0.25, 0.3) is 11.3 Å². The predicted octanol–water partition coefficient (Wildman–Crippen LogP) is 2.95. The first-order chi connectivity index (χ1) is 9.89. The van der Waals surface area contributed by atoms with Crippen molar-refractivity contribution in [3.05, 3.63) is 42.4 Å². The Morgan fingerprint density at radius 1 is 1.38 bits per heavy atom. The molecule has 0 amide bonds. The molecule has 21 heavy (non-hydrogen) atoms. The number of alkyl halides is 3. The average Bonchev–Trinajstić information content (AvgIpc) is 2.95. The maximum Gasteiger partial charge on any atom is 0.427 e. The van der Waals surface area contributed by atoms with Gasteiger partial charge in [-0.25, -0.2) is 4.98 Å². The molecule has 2 aromatic rings. The standard InChI is InChI=1S/C14H11F3N2O2/c1-8(20)21-13(14(15,16)17)12-10-5-3-2-4-9(10)11-6-18-7-19(11)12/h2-7,12-13H,1H3. The summed E-state index contributed by atoms with van der Waals surface area (Å²) in [6.45, 7) is 0.967. The summed E-state index contributed by atoms with van der Waals surface area (Å²) in [4.78, 5) is 15.0. The molecule has 0 fully saturated rings. The SMILES string of the molecule is CC(=O)OC(C1c2ccccc2-c2cncn21)C(F)(F)F. The number of hydrogen-bond donors (Lipinski definition) is 0. The van der Waals surface area contributed by atoms with Crippen LogP contribution in [-0.2, 0) is 9.53 Å². The zero-order chi connectivity index (χ0) is 15.2. The van der Waals surface area contributed by atoms with Crippen molar-refractivity contribution in [3.8, 4) is 11.3 Å². The van der Waals surface area contributed by atoms with E-state index in [9.17, 15) is 18.0 Å². The second kappa shape index (κ2) is 4.61. The zero-order valence-electron chi connectivity index (χ0n) is 11.0. The van der Waals surface area contributed by atoms with E-state index in [1.165, 1.54) is 17.1 Å². The predicted molar refractivity (Wildman–Crippen MR) is 67.4 cm³/mol. The lowest BCUT2D eigenvalue weighted by molar-refractivity contribution is -0.227. The fourth-order valence-electron chi connectivity index (χ4n) is 2.67. The van der Waals surface area contributed by atoms with Crippen LogP contribution >= 0.6 is 0 Å². The number of esters is 1. The Morgan fingerprint density at radius 3 is 2.76 bits per heavy atom. The van der Waals surface area contributed by atoms with Crippen LogP contribution in [-0.4, -0.2) is 27.8 Å². The molecular formula is C14H11F3N2O2. The smallest absolute Gasteiger partial charge is 0.427 e. The summed E-state index contributed by atoms with van der Waals surface area (Å²) >= 11 is 0. The number of aromatic nitrogens is 2. The van der Waals surface area contributed by atoms with Crippen LogP contribution in [0.15, 0.2) is 36.8 Å². The summed E-state index contributed by atoms with van der Waals surface area (Å²) in [6.07, 6.45) is -4.09. The van der Waals surface area contributed by atoms with Gasteiger partial charge in [0.05, 0.1) is 18.2 Å². The van der Waals surface area contributed by atoms with Crippen LogP contribution < -0.4 is 0 Å². The summed E-state index contributed by atoms with van der Waals surface area (Å²) in [5, 5.41) is 0. The molecule has 0 aliphatic carbocycles. The van der Waals surface area contributed by atoms with Crippen molar-refractivity contribution in [1.29, 1.82) is 0 Å². The van der Waals surface area contributed by atoms with Crippen LogP contribution in [0.3, 0.4) is 0 Å². The van der Waals surface area contributed by atoms with Crippen molar-refractivity contribution >= 4 is 5.97 Å². The topological polar surface area (TPSA) is 44.1 Å². The molecule has 0 N–H and O–H groups in total. The number of fused-ring (bicyclic) bond motifs is 3. The van der Waals surface area contributed by atoms with Gasteiger partial charge in [-0.05, 0) is 5.56 Å². The normalized spacial score (nSPS) is 18.0. The minimum atomic E-state index is -4.67. The van der Waals surface area contributed by atoms with Crippen LogP contribution in [0, 0.1) is 0 Å². The van der Waals surface area contributed by atoms with Gasteiger partial charge in [-0.2, -0.15) is 13.2 Å².